The molecule has 38 heavy (non-hydrogen) atoms. The zero-order valence-corrected chi connectivity index (χ0v) is 25.2. The molecule has 0 amide bonds. The van der Waals surface area contributed by atoms with Gasteiger partial charge in [0.05, 0.1) is 12.5 Å². The van der Waals surface area contributed by atoms with Crippen LogP contribution in [0.4, 0.5) is 13.2 Å². The molecule has 2 aromatic carbocycles. The van der Waals surface area contributed by atoms with Crippen molar-refractivity contribution in [1.29, 1.82) is 0 Å². The molecule has 0 fully saturated rings. The first-order valence-corrected chi connectivity index (χ1v) is 14.6. The second-order valence-corrected chi connectivity index (χ2v) is 12.4. The minimum absolute atomic E-state index is 0. The van der Waals surface area contributed by atoms with Gasteiger partial charge in [0.1, 0.15) is 11.3 Å². The van der Waals surface area contributed by atoms with Crippen LogP contribution in [0.2, 0.25) is 0 Å². The summed E-state index contributed by atoms with van der Waals surface area (Å²) < 4.78 is 54.9. The van der Waals surface area contributed by atoms with Crippen molar-refractivity contribution in [3.63, 3.8) is 0 Å². The van der Waals surface area contributed by atoms with E-state index in [1.807, 2.05) is 0 Å². The summed E-state index contributed by atoms with van der Waals surface area (Å²) in [6, 6.07) is 9.51. The van der Waals surface area contributed by atoms with Crippen LogP contribution < -0.4 is 5.63 Å². The van der Waals surface area contributed by atoms with Gasteiger partial charge in [0.2, 0.25) is 0 Å². The maximum atomic E-state index is 12.5. The third-order valence-corrected chi connectivity index (χ3v) is 9.41. The number of benzene rings is 2. The van der Waals surface area contributed by atoms with Crippen LogP contribution in [0.3, 0.4) is 0 Å². The van der Waals surface area contributed by atoms with Gasteiger partial charge in [0.15, 0.2) is 5.56 Å². The topological polar surface area (TPSA) is 116 Å². The Hall–Kier alpha value is -1.06. The minimum atomic E-state index is -5.28. The van der Waals surface area contributed by atoms with Gasteiger partial charge >= 0.3 is 11.8 Å². The molecule has 0 aliphatic rings. The average molecular weight is 697 g/mol. The first kappa shape index (κ1) is 36.9. The second kappa shape index (κ2) is 16.9. The van der Waals surface area contributed by atoms with Crippen molar-refractivity contribution >= 4 is 34.7 Å². The third kappa shape index (κ3) is 9.85. The van der Waals surface area contributed by atoms with Gasteiger partial charge in [-0.2, -0.15) is 13.2 Å². The van der Waals surface area contributed by atoms with Gasteiger partial charge in [0, 0.05) is 73.2 Å². The summed E-state index contributed by atoms with van der Waals surface area (Å²) in [5.74, 6) is -3.46. The number of Topliss-reactive ketones (excluding diaryl/α,β-unsaturated/α-hetero) is 1. The fraction of sp³-hybridized carbons (Fsp3) is 0.481. The Labute approximate surface area is 261 Å². The van der Waals surface area contributed by atoms with Gasteiger partial charge in [-0.1, -0.05) is 70.4 Å². The number of ketones is 1. The Morgan fingerprint density at radius 1 is 0.895 bits per heavy atom. The molecular weight excluding hydrogens is 660 g/mol. The normalized spacial score (nSPS) is 11.3. The monoisotopic (exact) mass is 697 g/mol. The Bertz CT molecular complexity index is 1260. The van der Waals surface area contributed by atoms with Crippen LogP contribution in [0, 0.1) is 49.4 Å². The fourth-order valence-electron chi connectivity index (χ4n) is 3.93. The van der Waals surface area contributed by atoms with Crippen LogP contribution in [0.1, 0.15) is 69.7 Å². The summed E-state index contributed by atoms with van der Waals surface area (Å²) in [6.45, 7) is 6.55. The van der Waals surface area contributed by atoms with E-state index in [9.17, 15) is 32.4 Å². The molecule has 0 unspecified atom stereocenters. The molecule has 11 heteroatoms. The molecule has 0 spiro atoms. The first-order valence-electron chi connectivity index (χ1n) is 12.3. The van der Waals surface area contributed by atoms with Gasteiger partial charge in [-0.05, 0) is 30.7 Å². The Balaban J connectivity index is 0.000000755. The summed E-state index contributed by atoms with van der Waals surface area (Å²) >= 11 is 0. The number of hydrogen-bond acceptors (Lipinski definition) is 5. The van der Waals surface area contributed by atoms with E-state index in [1.54, 1.807) is 30.3 Å². The van der Waals surface area contributed by atoms with Gasteiger partial charge in [-0.15, -0.1) is 0 Å². The summed E-state index contributed by atoms with van der Waals surface area (Å²) in [4.78, 5) is 23.0. The molecule has 1 heterocycles. The molecule has 0 atom stereocenters. The second-order valence-electron chi connectivity index (χ2n) is 8.89. The molecule has 6 nitrogen and oxygen atoms in total. The zero-order chi connectivity index (χ0) is 26.9. The smallest absolute Gasteiger partial charge is 0.455 e. The van der Waals surface area contributed by atoms with Crippen LogP contribution in [0.25, 0.3) is 21.7 Å². The summed E-state index contributed by atoms with van der Waals surface area (Å²) in [5, 5.41) is 10.9. The maximum Gasteiger partial charge on any atom is 0.455 e. The van der Waals surface area contributed by atoms with E-state index in [-0.39, 0.29) is 65.8 Å². The minimum Gasteiger partial charge on any atom is -0.506 e. The van der Waals surface area contributed by atoms with Gasteiger partial charge < -0.3 is 19.6 Å². The summed E-state index contributed by atoms with van der Waals surface area (Å²) in [7, 11) is -1.77. The number of aromatic hydroxyl groups is 1. The van der Waals surface area contributed by atoms with E-state index < -0.39 is 36.0 Å². The number of alkyl halides is 3. The van der Waals surface area contributed by atoms with E-state index in [0.29, 0.717) is 10.8 Å². The largest absolute Gasteiger partial charge is 0.506 e. The van der Waals surface area contributed by atoms with Crippen LogP contribution in [0.5, 0.6) is 5.75 Å². The number of carbonyl (C=O) groups excluding carboxylic acids is 1. The standard InChI is InChI=1S/C15H7F3O4.C12H27OP.Eu.H2O/c16-15(17,18)13(20)10-11(19)9-6-5-7-3-1-2-4-8(7)12(9)22-14(10)21;1-4-7-10-14(13,11-8-5-2)12-9-6-3;;/h1-6,19H;4-12H2,1-3H3;;1H2. The predicted octanol–water partition coefficient (Wildman–Crippen LogP) is 7.32. The van der Waals surface area contributed by atoms with Gasteiger partial charge in [0.25, 0.3) is 5.78 Å². The molecular formula is C27H36EuF3O6P. The van der Waals surface area contributed by atoms with E-state index in [0.717, 1.165) is 37.7 Å². The number of carbonyl (C=O) groups is 1. The van der Waals surface area contributed by atoms with Gasteiger partial charge in [-0.3, -0.25) is 4.79 Å². The van der Waals surface area contributed by atoms with Crippen molar-refractivity contribution in [2.75, 3.05) is 18.5 Å². The fourth-order valence-corrected chi connectivity index (χ4v) is 7.28. The van der Waals surface area contributed by atoms with Crippen LogP contribution in [-0.4, -0.2) is 41.0 Å². The third-order valence-electron chi connectivity index (χ3n) is 6.01. The number of fused-ring (bicyclic) bond motifs is 3. The number of hydrogen-bond donors (Lipinski definition) is 1. The Morgan fingerprint density at radius 2 is 1.39 bits per heavy atom. The summed E-state index contributed by atoms with van der Waals surface area (Å²) in [6.07, 6.45) is 4.75. The van der Waals surface area contributed by atoms with E-state index in [2.05, 4.69) is 20.8 Å². The molecule has 213 valence electrons. The zero-order valence-electron chi connectivity index (χ0n) is 21.9. The molecule has 1 radical (unpaired) electrons. The number of halogens is 3. The SMILES string of the molecule is CCCCP(=O)(CCCC)CCCC.O.O=C(c1c(O)c2ccc3ccccc3c2oc1=O)C(F)(F)F.[Eu]. The molecule has 0 bridgehead atoms. The van der Waals surface area contributed by atoms with E-state index in [4.69, 9.17) is 4.42 Å². The van der Waals surface area contributed by atoms with Crippen molar-refractivity contribution < 1.29 is 86.9 Å². The number of rotatable bonds is 10. The molecule has 0 aliphatic carbocycles. The average Bonchev–Trinajstić information content (AvgIpc) is 2.85. The van der Waals surface area contributed by atoms with Crippen molar-refractivity contribution in [2.24, 2.45) is 0 Å². The predicted molar refractivity (Wildman–Crippen MR) is 143 cm³/mol. The van der Waals surface area contributed by atoms with Crippen LogP contribution in [0.15, 0.2) is 45.6 Å². The van der Waals surface area contributed by atoms with Crippen molar-refractivity contribution in [2.45, 2.75) is 65.5 Å². The van der Waals surface area contributed by atoms with Crippen molar-refractivity contribution in [1.82, 2.24) is 0 Å². The molecule has 0 saturated carbocycles. The van der Waals surface area contributed by atoms with Gasteiger partial charge in [-0.25, -0.2) is 4.79 Å². The first-order chi connectivity index (χ1) is 17.0. The molecule has 3 rings (SSSR count). The Morgan fingerprint density at radius 3 is 1.87 bits per heavy atom. The van der Waals surface area contributed by atoms with E-state index in [1.165, 1.54) is 25.3 Å². The van der Waals surface area contributed by atoms with Crippen LogP contribution in [-0.2, 0) is 4.57 Å². The van der Waals surface area contributed by atoms with E-state index >= 15 is 0 Å². The number of unbranched alkanes of at least 4 members (excludes halogenated alkanes) is 3. The van der Waals surface area contributed by atoms with Crippen molar-refractivity contribution in [3.8, 4) is 5.75 Å². The maximum absolute atomic E-state index is 12.5. The molecule has 1 aromatic heterocycles. The quantitative estimate of drug-likeness (QED) is 0.103. The molecule has 3 aromatic rings. The Kier molecular flexibility index (Phi) is 16.4. The van der Waals surface area contributed by atoms with Crippen LogP contribution >= 0.6 is 7.14 Å². The molecule has 3 N–H and O–H groups in total. The summed E-state index contributed by atoms with van der Waals surface area (Å²) in [5.41, 5.74) is -3.00. The van der Waals surface area contributed by atoms with Crippen molar-refractivity contribution in [3.05, 3.63) is 52.4 Å². The molecule has 0 aliphatic heterocycles. The molecule has 0 saturated heterocycles.